The molecule has 7 nitrogen and oxygen atoms in total. The first kappa shape index (κ1) is 18.4. The van der Waals surface area contributed by atoms with Crippen molar-refractivity contribution in [1.82, 2.24) is 10.6 Å². The second-order valence-electron chi connectivity index (χ2n) is 6.89. The molecular formula is C20H22N4O3. The fourth-order valence-electron chi connectivity index (χ4n) is 2.73. The van der Waals surface area contributed by atoms with Gasteiger partial charge in [0.25, 0.3) is 5.91 Å². The molecule has 4 N–H and O–H groups in total. The first-order valence-corrected chi connectivity index (χ1v) is 8.69. The molecule has 2 aromatic rings. The van der Waals surface area contributed by atoms with Gasteiger partial charge in [0.15, 0.2) is 0 Å². The maximum Gasteiger partial charge on any atom is 0.252 e. The third-order valence-electron chi connectivity index (χ3n) is 4.33. The summed E-state index contributed by atoms with van der Waals surface area (Å²) in [5, 5.41) is 11.4. The van der Waals surface area contributed by atoms with Crippen molar-refractivity contribution in [1.29, 1.82) is 0 Å². The number of anilines is 2. The van der Waals surface area contributed by atoms with Gasteiger partial charge in [-0.05, 0) is 38.1 Å². The monoisotopic (exact) mass is 366 g/mol. The Morgan fingerprint density at radius 1 is 1.00 bits per heavy atom. The number of amides is 3. The van der Waals surface area contributed by atoms with Crippen molar-refractivity contribution in [2.24, 2.45) is 0 Å². The van der Waals surface area contributed by atoms with E-state index in [1.54, 1.807) is 44.2 Å². The molecule has 0 aliphatic carbocycles. The maximum atomic E-state index is 12.7. The minimum atomic E-state index is -1.19. The summed E-state index contributed by atoms with van der Waals surface area (Å²) in [7, 11) is 0. The van der Waals surface area contributed by atoms with Crippen LogP contribution < -0.4 is 21.3 Å². The van der Waals surface area contributed by atoms with Crippen LogP contribution in [0.1, 0.15) is 24.2 Å². The number of rotatable bonds is 4. The summed E-state index contributed by atoms with van der Waals surface area (Å²) in [6.45, 7) is 3.44. The van der Waals surface area contributed by atoms with Gasteiger partial charge in [0.05, 0.1) is 11.4 Å². The number of para-hydroxylation sites is 2. The van der Waals surface area contributed by atoms with Crippen LogP contribution in [0.15, 0.2) is 54.6 Å². The molecule has 1 atom stereocenters. The third-order valence-corrected chi connectivity index (χ3v) is 4.33. The summed E-state index contributed by atoms with van der Waals surface area (Å²) in [4.78, 5) is 37.5. The van der Waals surface area contributed by atoms with Crippen LogP contribution in [0.3, 0.4) is 0 Å². The quantitative estimate of drug-likeness (QED) is 0.662. The Morgan fingerprint density at radius 2 is 1.63 bits per heavy atom. The Kier molecular flexibility index (Phi) is 5.12. The second kappa shape index (κ2) is 7.49. The number of hydrogen-bond acceptors (Lipinski definition) is 4. The van der Waals surface area contributed by atoms with E-state index in [-0.39, 0.29) is 18.4 Å². The summed E-state index contributed by atoms with van der Waals surface area (Å²) in [6.07, 6.45) is 0. The van der Waals surface area contributed by atoms with E-state index in [1.165, 1.54) is 0 Å². The minimum absolute atomic E-state index is 0.247. The molecule has 0 aromatic heterocycles. The number of benzene rings is 2. The predicted octanol–water partition coefficient (Wildman–Crippen LogP) is 1.74. The van der Waals surface area contributed by atoms with Crippen molar-refractivity contribution >= 4 is 29.1 Å². The summed E-state index contributed by atoms with van der Waals surface area (Å²) >= 11 is 0. The molecule has 0 saturated heterocycles. The van der Waals surface area contributed by atoms with Crippen LogP contribution in [0.25, 0.3) is 0 Å². The van der Waals surface area contributed by atoms with E-state index >= 15 is 0 Å². The van der Waals surface area contributed by atoms with E-state index in [4.69, 9.17) is 0 Å². The molecule has 3 rings (SSSR count). The Morgan fingerprint density at radius 3 is 2.33 bits per heavy atom. The number of nitrogens with one attached hydrogen (secondary N) is 4. The van der Waals surface area contributed by atoms with Crippen LogP contribution in [0.2, 0.25) is 0 Å². The molecule has 7 heteroatoms. The molecule has 0 bridgehead atoms. The van der Waals surface area contributed by atoms with Gasteiger partial charge in [-0.2, -0.15) is 0 Å². The average molecular weight is 366 g/mol. The molecule has 27 heavy (non-hydrogen) atoms. The van der Waals surface area contributed by atoms with Gasteiger partial charge in [-0.25, -0.2) is 0 Å². The highest BCUT2D eigenvalue weighted by atomic mass is 16.2. The lowest BCUT2D eigenvalue weighted by atomic mass is 10.0. The molecule has 0 saturated carbocycles. The molecule has 2 aromatic carbocycles. The van der Waals surface area contributed by atoms with E-state index in [0.717, 1.165) is 5.69 Å². The summed E-state index contributed by atoms with van der Waals surface area (Å²) in [5.41, 5.74) is 0.727. The molecule has 140 valence electrons. The van der Waals surface area contributed by atoms with Gasteiger partial charge in [-0.3, -0.25) is 14.4 Å². The third kappa shape index (κ3) is 4.25. The van der Waals surface area contributed by atoms with Gasteiger partial charge >= 0.3 is 0 Å². The minimum Gasteiger partial charge on any atom is -0.381 e. The van der Waals surface area contributed by atoms with Crippen LogP contribution >= 0.6 is 0 Å². The van der Waals surface area contributed by atoms with Crippen molar-refractivity contribution in [3.63, 3.8) is 0 Å². The van der Waals surface area contributed by atoms with Gasteiger partial charge in [0.1, 0.15) is 11.6 Å². The van der Waals surface area contributed by atoms with Crippen LogP contribution in [-0.2, 0) is 9.59 Å². The van der Waals surface area contributed by atoms with Gasteiger partial charge in [0, 0.05) is 12.1 Å². The van der Waals surface area contributed by atoms with Crippen molar-refractivity contribution in [3.8, 4) is 0 Å². The van der Waals surface area contributed by atoms with E-state index in [1.807, 2.05) is 24.3 Å². The number of carbonyl (C=O) groups is 3. The highest BCUT2D eigenvalue weighted by molar-refractivity contribution is 6.03. The molecule has 0 fully saturated rings. The molecule has 0 unspecified atom stereocenters. The number of hydrogen-bond donors (Lipinski definition) is 4. The van der Waals surface area contributed by atoms with Crippen LogP contribution in [-0.4, -0.2) is 35.8 Å². The van der Waals surface area contributed by atoms with Crippen molar-refractivity contribution in [2.75, 3.05) is 17.2 Å². The zero-order chi connectivity index (χ0) is 19.4. The maximum absolute atomic E-state index is 12.7. The fourth-order valence-corrected chi connectivity index (χ4v) is 2.73. The lowest BCUT2D eigenvalue weighted by Crippen LogP contribution is -2.59. The Labute approximate surface area is 157 Å². The number of carbonyl (C=O) groups excluding carboxylic acids is 3. The van der Waals surface area contributed by atoms with E-state index < -0.39 is 17.5 Å². The topological polar surface area (TPSA) is 99.3 Å². The highest BCUT2D eigenvalue weighted by Gasteiger charge is 2.34. The normalized spacial score (nSPS) is 16.2. The van der Waals surface area contributed by atoms with E-state index in [9.17, 15) is 14.4 Å². The van der Waals surface area contributed by atoms with Crippen molar-refractivity contribution in [2.45, 2.75) is 25.4 Å². The number of fused-ring (bicyclic) bond motifs is 1. The van der Waals surface area contributed by atoms with Crippen LogP contribution in [0, 0.1) is 0 Å². The zero-order valence-electron chi connectivity index (χ0n) is 15.2. The SMILES string of the molecule is CC(C)(NC(=O)c1ccccc1)C(=O)N[C@@H]1CNc2ccccc2NC1=O. The van der Waals surface area contributed by atoms with E-state index in [0.29, 0.717) is 11.3 Å². The predicted molar refractivity (Wildman–Crippen MR) is 103 cm³/mol. The molecule has 1 heterocycles. The largest absolute Gasteiger partial charge is 0.381 e. The van der Waals surface area contributed by atoms with Crippen molar-refractivity contribution in [3.05, 3.63) is 60.2 Å². The summed E-state index contributed by atoms with van der Waals surface area (Å²) in [5.74, 6) is -1.11. The summed E-state index contributed by atoms with van der Waals surface area (Å²) in [6, 6.07) is 15.2. The standard InChI is InChI=1S/C20H22N4O3/c1-20(2,24-17(25)13-8-4-3-5-9-13)19(27)23-16-12-21-14-10-6-7-11-15(14)22-18(16)26/h3-11,16,21H,12H2,1-2H3,(H,22,26)(H,23,27)(H,24,25)/t16-/m1/s1. The van der Waals surface area contributed by atoms with Gasteiger partial charge in [0.2, 0.25) is 11.8 Å². The lowest BCUT2D eigenvalue weighted by Gasteiger charge is -2.27. The molecule has 0 spiro atoms. The van der Waals surface area contributed by atoms with Gasteiger partial charge in [-0.15, -0.1) is 0 Å². The Hall–Kier alpha value is -3.35. The molecule has 1 aliphatic heterocycles. The highest BCUT2D eigenvalue weighted by Crippen LogP contribution is 2.23. The summed E-state index contributed by atoms with van der Waals surface area (Å²) < 4.78 is 0. The fraction of sp³-hybridized carbons (Fsp3) is 0.250. The lowest BCUT2D eigenvalue weighted by molar-refractivity contribution is -0.129. The zero-order valence-corrected chi connectivity index (χ0v) is 15.2. The second-order valence-corrected chi connectivity index (χ2v) is 6.89. The first-order valence-electron chi connectivity index (χ1n) is 8.69. The van der Waals surface area contributed by atoms with Gasteiger partial charge < -0.3 is 21.3 Å². The van der Waals surface area contributed by atoms with Crippen molar-refractivity contribution < 1.29 is 14.4 Å². The average Bonchev–Trinajstić information content (AvgIpc) is 2.81. The smallest absolute Gasteiger partial charge is 0.252 e. The first-order chi connectivity index (χ1) is 12.9. The molecular weight excluding hydrogens is 344 g/mol. The van der Waals surface area contributed by atoms with Crippen LogP contribution in [0.4, 0.5) is 11.4 Å². The van der Waals surface area contributed by atoms with Gasteiger partial charge in [-0.1, -0.05) is 30.3 Å². The molecule has 3 amide bonds. The van der Waals surface area contributed by atoms with E-state index in [2.05, 4.69) is 21.3 Å². The Balaban J connectivity index is 1.65. The molecule has 1 aliphatic rings. The molecule has 0 radical (unpaired) electrons. The van der Waals surface area contributed by atoms with Crippen LogP contribution in [0.5, 0.6) is 0 Å². The Bertz CT molecular complexity index is 865.